The van der Waals surface area contributed by atoms with Gasteiger partial charge in [0, 0.05) is 0 Å². The molecule has 0 unspecified atom stereocenters. The molecule has 0 N–H and O–H groups in total. The molecule has 0 amide bonds. The predicted octanol–water partition coefficient (Wildman–Crippen LogP) is -0.862. The third kappa shape index (κ3) is 51.8. The second-order valence-corrected chi connectivity index (χ2v) is 4.10. The molecule has 0 radical (unpaired) electrons. The van der Waals surface area contributed by atoms with Crippen molar-refractivity contribution in [1.29, 1.82) is 0 Å². The Balaban J connectivity index is -0.000000108. The third-order valence-electron chi connectivity index (χ3n) is 1.22. The summed E-state index contributed by atoms with van der Waals surface area (Å²) in [6, 6.07) is 0. The molecule has 22 heavy (non-hydrogen) atoms. The average Bonchev–Trinajstić information content (AvgIpc) is 2.10. The summed E-state index contributed by atoms with van der Waals surface area (Å²) in [5.74, 6) is -1.12. The van der Waals surface area contributed by atoms with Crippen LogP contribution in [0.3, 0.4) is 0 Å². The van der Waals surface area contributed by atoms with Crippen molar-refractivity contribution in [2.75, 3.05) is 0 Å². The van der Waals surface area contributed by atoms with Crippen LogP contribution in [0.4, 0.5) is 0 Å². The molecule has 0 saturated carbocycles. The van der Waals surface area contributed by atoms with Gasteiger partial charge in [0.1, 0.15) is 0 Å². The molecule has 0 aliphatic rings. The molecule has 120 valence electrons. The molecule has 0 aliphatic carbocycles. The van der Waals surface area contributed by atoms with Crippen molar-refractivity contribution in [3.63, 3.8) is 0 Å². The second kappa shape index (κ2) is 17.2. The van der Waals surface area contributed by atoms with Crippen LogP contribution in [0.25, 0.3) is 0 Å². The maximum atomic E-state index is 9.98. The quantitative estimate of drug-likeness (QED) is 0.378. The number of ketones is 3. The molecule has 0 aromatic carbocycles. The Morgan fingerprint density at radius 2 is 0.682 bits per heavy atom. The molecule has 0 rings (SSSR count). The zero-order valence-corrected chi connectivity index (χ0v) is 14.9. The fourth-order valence-electron chi connectivity index (χ4n) is 0.859. The van der Waals surface area contributed by atoms with Crippen LogP contribution in [0.1, 0.15) is 41.5 Å². The normalized spacial score (nSPS) is 10.9. The summed E-state index contributed by atoms with van der Waals surface area (Å²) in [6.07, 6.45) is 3.17. The van der Waals surface area contributed by atoms with Crippen molar-refractivity contribution >= 4 is 34.7 Å². The maximum Gasteiger partial charge on any atom is 3.00 e. The van der Waals surface area contributed by atoms with Gasteiger partial charge in [-0.1, -0.05) is 20.8 Å². The van der Waals surface area contributed by atoms with E-state index >= 15 is 0 Å². The molecule has 0 bridgehead atoms. The molecule has 6 nitrogen and oxygen atoms in total. The number of allylic oxidation sites excluding steroid dienone is 6. The molecular weight excluding hydrogens is 303 g/mol. The van der Waals surface area contributed by atoms with E-state index in [2.05, 4.69) is 0 Å². The van der Waals surface area contributed by atoms with Crippen molar-refractivity contribution in [2.45, 2.75) is 41.5 Å². The Labute approximate surface area is 142 Å². The van der Waals surface area contributed by atoms with Gasteiger partial charge >= 0.3 is 17.4 Å². The number of hydrogen-bond donors (Lipinski definition) is 0. The predicted molar refractivity (Wildman–Crippen MR) is 79.1 cm³/mol. The Hall–Kier alpha value is -1.84. The molecular formula is C15H21AlO6. The molecule has 0 aromatic rings. The van der Waals surface area contributed by atoms with Gasteiger partial charge in [0.25, 0.3) is 0 Å². The van der Waals surface area contributed by atoms with E-state index < -0.39 is 0 Å². The van der Waals surface area contributed by atoms with Crippen LogP contribution in [-0.4, -0.2) is 34.7 Å². The summed E-state index contributed by atoms with van der Waals surface area (Å²) < 4.78 is 0. The topological polar surface area (TPSA) is 120 Å². The van der Waals surface area contributed by atoms with Gasteiger partial charge in [0.15, 0.2) is 17.3 Å². The van der Waals surface area contributed by atoms with E-state index in [1.807, 2.05) is 0 Å². The fraction of sp³-hybridized carbons (Fsp3) is 0.400. The largest absolute Gasteiger partial charge is 3.00 e. The minimum absolute atomic E-state index is 0. The number of carbonyl (C=O) groups is 3. The van der Waals surface area contributed by atoms with E-state index in [1.54, 1.807) is 0 Å². The van der Waals surface area contributed by atoms with Crippen LogP contribution in [0.5, 0.6) is 0 Å². The van der Waals surface area contributed by atoms with Crippen LogP contribution < -0.4 is 15.3 Å². The van der Waals surface area contributed by atoms with Crippen molar-refractivity contribution in [3.05, 3.63) is 35.5 Å². The summed E-state index contributed by atoms with van der Waals surface area (Å²) >= 11 is 0. The summed E-state index contributed by atoms with van der Waals surface area (Å²) in [7, 11) is 0. The molecule has 7 heteroatoms. The molecule has 0 atom stereocenters. The number of hydrogen-bond acceptors (Lipinski definition) is 6. The Morgan fingerprint density at radius 3 is 0.682 bits per heavy atom. The zero-order chi connectivity index (χ0) is 17.6. The van der Waals surface area contributed by atoms with Crippen molar-refractivity contribution in [3.8, 4) is 0 Å². The van der Waals surface area contributed by atoms with Gasteiger partial charge in [-0.2, -0.15) is 0 Å². The van der Waals surface area contributed by atoms with Crippen LogP contribution >= 0.6 is 0 Å². The van der Waals surface area contributed by atoms with Gasteiger partial charge < -0.3 is 15.3 Å². The van der Waals surface area contributed by atoms with Gasteiger partial charge in [-0.3, -0.25) is 14.4 Å². The van der Waals surface area contributed by atoms with Crippen LogP contribution in [0.15, 0.2) is 35.5 Å². The fourth-order valence-corrected chi connectivity index (χ4v) is 0.859. The standard InChI is InChI=1S/3C5H8O2.Al/c3*1-4(6)3-5(2)7;/h3*3,6H,1-2H3;/q;;;+3/p-3/b2*4-3+;4-3-;. The van der Waals surface area contributed by atoms with E-state index in [4.69, 9.17) is 0 Å². The number of carbonyl (C=O) groups excluding carboxylic acids is 3. The van der Waals surface area contributed by atoms with Crippen LogP contribution in [0, 0.1) is 0 Å². The molecule has 0 aromatic heterocycles. The molecule has 0 heterocycles. The van der Waals surface area contributed by atoms with Crippen LogP contribution in [0.2, 0.25) is 0 Å². The van der Waals surface area contributed by atoms with E-state index in [9.17, 15) is 29.7 Å². The summed E-state index contributed by atoms with van der Waals surface area (Å²) in [4.78, 5) is 29.9. The first-order valence-corrected chi connectivity index (χ1v) is 5.96. The maximum absolute atomic E-state index is 9.98. The van der Waals surface area contributed by atoms with Crippen LogP contribution in [-0.2, 0) is 14.4 Å². The molecule has 0 spiro atoms. The van der Waals surface area contributed by atoms with Crippen molar-refractivity contribution in [1.82, 2.24) is 0 Å². The monoisotopic (exact) mass is 324 g/mol. The Morgan fingerprint density at radius 1 is 0.545 bits per heavy atom. The van der Waals surface area contributed by atoms with Gasteiger partial charge in [-0.25, -0.2) is 0 Å². The summed E-state index contributed by atoms with van der Waals surface area (Å²) in [5.41, 5.74) is 0. The summed E-state index contributed by atoms with van der Waals surface area (Å²) in [5, 5.41) is 29.9. The third-order valence-corrected chi connectivity index (χ3v) is 1.22. The number of rotatable bonds is 3. The summed E-state index contributed by atoms with van der Waals surface area (Å²) in [6.45, 7) is 8.09. The first-order valence-electron chi connectivity index (χ1n) is 5.96. The van der Waals surface area contributed by atoms with Crippen molar-refractivity contribution in [2.24, 2.45) is 0 Å². The van der Waals surface area contributed by atoms with Gasteiger partial charge in [0.2, 0.25) is 0 Å². The molecule has 0 aliphatic heterocycles. The molecule has 0 saturated heterocycles. The average molecular weight is 324 g/mol. The smallest absolute Gasteiger partial charge is 0.876 e. The van der Waals surface area contributed by atoms with Gasteiger partial charge in [0.05, 0.1) is 0 Å². The van der Waals surface area contributed by atoms with E-state index in [1.165, 1.54) is 41.5 Å². The van der Waals surface area contributed by atoms with Gasteiger partial charge in [-0.05, 0) is 39.0 Å². The zero-order valence-electron chi connectivity index (χ0n) is 13.8. The minimum Gasteiger partial charge on any atom is -0.876 e. The Kier molecular flexibility index (Phi) is 22.2. The molecule has 0 fully saturated rings. The van der Waals surface area contributed by atoms with E-state index in [0.29, 0.717) is 0 Å². The first-order chi connectivity index (χ1) is 9.38. The Bertz CT molecular complexity index is 368. The van der Waals surface area contributed by atoms with Crippen molar-refractivity contribution < 1.29 is 29.7 Å². The minimum atomic E-state index is -0.187. The second-order valence-electron chi connectivity index (χ2n) is 4.10. The van der Waals surface area contributed by atoms with E-state index in [-0.39, 0.29) is 52.0 Å². The first kappa shape index (κ1) is 28.3. The van der Waals surface area contributed by atoms with Gasteiger partial charge in [-0.15, -0.1) is 17.3 Å². The van der Waals surface area contributed by atoms with E-state index in [0.717, 1.165) is 18.2 Å². The SMILES string of the molecule is CC(=O)/C=C(/C)[O-].CC(=O)/C=C(\C)[O-].CC(=O)/C=C(\C)[O-].[Al+3].